The van der Waals surface area contributed by atoms with E-state index in [1.807, 2.05) is 32.0 Å². The highest BCUT2D eigenvalue weighted by Gasteiger charge is 2.18. The molecule has 0 aliphatic rings. The van der Waals surface area contributed by atoms with E-state index in [1.54, 1.807) is 17.0 Å². The molecule has 0 radical (unpaired) electrons. The molecule has 4 nitrogen and oxygen atoms in total. The van der Waals surface area contributed by atoms with Gasteiger partial charge in [-0.3, -0.25) is 9.36 Å². The number of benzene rings is 1. The van der Waals surface area contributed by atoms with Crippen LogP contribution in [0.25, 0.3) is 10.9 Å². The van der Waals surface area contributed by atoms with Gasteiger partial charge in [-0.2, -0.15) is 0 Å². The molecule has 0 saturated heterocycles. The molecule has 4 heteroatoms. The normalized spacial score (nSPS) is 11.9. The van der Waals surface area contributed by atoms with Crippen molar-refractivity contribution in [2.45, 2.75) is 20.4 Å². The Hall–Kier alpha value is -1.68. The number of aliphatic hydroxyl groups excluding tert-OH is 1. The van der Waals surface area contributed by atoms with Crippen LogP contribution in [0, 0.1) is 5.41 Å². The number of aliphatic hydroxyl groups is 1. The maximum absolute atomic E-state index is 12.2. The third-order valence-corrected chi connectivity index (χ3v) is 2.76. The van der Waals surface area contributed by atoms with Crippen LogP contribution in [0.15, 0.2) is 35.4 Å². The van der Waals surface area contributed by atoms with Gasteiger partial charge in [-0.05, 0) is 12.1 Å². The Morgan fingerprint density at radius 3 is 2.76 bits per heavy atom. The zero-order valence-corrected chi connectivity index (χ0v) is 10.1. The molecular weight excluding hydrogens is 216 g/mol. The summed E-state index contributed by atoms with van der Waals surface area (Å²) in [5, 5.41) is 9.84. The number of rotatable bonds is 3. The van der Waals surface area contributed by atoms with Gasteiger partial charge >= 0.3 is 0 Å². The topological polar surface area (TPSA) is 55.1 Å². The number of hydrogen-bond donors (Lipinski definition) is 1. The van der Waals surface area contributed by atoms with E-state index >= 15 is 0 Å². The minimum Gasteiger partial charge on any atom is -0.396 e. The van der Waals surface area contributed by atoms with Crippen molar-refractivity contribution in [2.75, 3.05) is 6.61 Å². The van der Waals surface area contributed by atoms with E-state index in [1.165, 1.54) is 0 Å². The van der Waals surface area contributed by atoms with E-state index in [2.05, 4.69) is 4.98 Å². The molecule has 2 aromatic rings. The molecule has 1 aromatic carbocycles. The van der Waals surface area contributed by atoms with Crippen LogP contribution in [0.4, 0.5) is 0 Å². The van der Waals surface area contributed by atoms with Gasteiger partial charge < -0.3 is 5.11 Å². The second-order valence-corrected chi connectivity index (χ2v) is 5.02. The molecule has 17 heavy (non-hydrogen) atoms. The third kappa shape index (κ3) is 2.36. The summed E-state index contributed by atoms with van der Waals surface area (Å²) in [6.45, 7) is 4.32. The minimum absolute atomic E-state index is 0.0340. The van der Waals surface area contributed by atoms with Gasteiger partial charge in [0.1, 0.15) is 0 Å². The van der Waals surface area contributed by atoms with Crippen molar-refractivity contribution in [2.24, 2.45) is 5.41 Å². The maximum Gasteiger partial charge on any atom is 0.261 e. The lowest BCUT2D eigenvalue weighted by Crippen LogP contribution is -2.30. The van der Waals surface area contributed by atoms with Gasteiger partial charge in [0.2, 0.25) is 0 Å². The Labute approximate surface area is 99.5 Å². The lowest BCUT2D eigenvalue weighted by Gasteiger charge is -2.22. The Morgan fingerprint density at radius 1 is 1.35 bits per heavy atom. The summed E-state index contributed by atoms with van der Waals surface area (Å²) >= 11 is 0. The van der Waals surface area contributed by atoms with Crippen LogP contribution in [0.3, 0.4) is 0 Å². The standard InChI is InChI=1S/C13H16N2O2/c1-13(2,8-16)7-15-9-14-11-6-4-3-5-10(11)12(15)17/h3-6,9,16H,7-8H2,1-2H3. The number of fused-ring (bicyclic) bond motifs is 1. The number of aromatic nitrogens is 2. The summed E-state index contributed by atoms with van der Waals surface area (Å²) in [7, 11) is 0. The fourth-order valence-electron chi connectivity index (χ4n) is 1.73. The number of nitrogens with zero attached hydrogens (tertiary/aromatic N) is 2. The predicted octanol–water partition coefficient (Wildman–Crippen LogP) is 1.41. The van der Waals surface area contributed by atoms with E-state index in [-0.39, 0.29) is 17.6 Å². The molecule has 0 spiro atoms. The molecule has 90 valence electrons. The molecule has 1 heterocycles. The first kappa shape index (κ1) is 11.8. The van der Waals surface area contributed by atoms with Crippen LogP contribution in [0.1, 0.15) is 13.8 Å². The van der Waals surface area contributed by atoms with E-state index in [4.69, 9.17) is 0 Å². The van der Waals surface area contributed by atoms with Crippen molar-refractivity contribution in [1.29, 1.82) is 0 Å². The van der Waals surface area contributed by atoms with Crippen LogP contribution in [0.5, 0.6) is 0 Å². The average molecular weight is 232 g/mol. The Bertz CT molecular complexity index is 587. The fraction of sp³-hybridized carbons (Fsp3) is 0.385. The van der Waals surface area contributed by atoms with Gasteiger partial charge in [0.15, 0.2) is 0 Å². The van der Waals surface area contributed by atoms with Crippen LogP contribution in [-0.4, -0.2) is 21.3 Å². The Kier molecular flexibility index (Phi) is 2.98. The monoisotopic (exact) mass is 232 g/mol. The first-order chi connectivity index (χ1) is 8.03. The second-order valence-electron chi connectivity index (χ2n) is 5.02. The highest BCUT2D eigenvalue weighted by molar-refractivity contribution is 5.76. The molecule has 0 bridgehead atoms. The quantitative estimate of drug-likeness (QED) is 0.870. The smallest absolute Gasteiger partial charge is 0.261 e. The summed E-state index contributed by atoms with van der Waals surface area (Å²) in [5.74, 6) is 0. The van der Waals surface area contributed by atoms with E-state index < -0.39 is 0 Å². The number of para-hydroxylation sites is 1. The predicted molar refractivity (Wildman–Crippen MR) is 66.9 cm³/mol. The summed E-state index contributed by atoms with van der Waals surface area (Å²) in [6.07, 6.45) is 1.54. The zero-order valence-electron chi connectivity index (χ0n) is 10.1. The van der Waals surface area contributed by atoms with Crippen molar-refractivity contribution in [1.82, 2.24) is 9.55 Å². The highest BCUT2D eigenvalue weighted by atomic mass is 16.3. The Morgan fingerprint density at radius 2 is 2.06 bits per heavy atom. The Balaban J connectivity index is 2.50. The van der Waals surface area contributed by atoms with Gasteiger partial charge in [-0.25, -0.2) is 4.98 Å². The first-order valence-electron chi connectivity index (χ1n) is 5.58. The molecule has 0 fully saturated rings. The average Bonchev–Trinajstić information content (AvgIpc) is 2.33. The van der Waals surface area contributed by atoms with Gasteiger partial charge in [0, 0.05) is 18.6 Å². The lowest BCUT2D eigenvalue weighted by atomic mass is 9.95. The third-order valence-electron chi connectivity index (χ3n) is 2.76. The molecule has 0 atom stereocenters. The summed E-state index contributed by atoms with van der Waals surface area (Å²) < 4.78 is 1.55. The number of hydrogen-bond acceptors (Lipinski definition) is 3. The van der Waals surface area contributed by atoms with Crippen LogP contribution in [0.2, 0.25) is 0 Å². The van der Waals surface area contributed by atoms with Gasteiger partial charge in [-0.1, -0.05) is 26.0 Å². The zero-order chi connectivity index (χ0) is 12.5. The highest BCUT2D eigenvalue weighted by Crippen LogP contribution is 2.16. The maximum atomic E-state index is 12.2. The van der Waals surface area contributed by atoms with Crippen LogP contribution in [-0.2, 0) is 6.54 Å². The lowest BCUT2D eigenvalue weighted by molar-refractivity contribution is 0.139. The molecule has 1 aromatic heterocycles. The fourth-order valence-corrected chi connectivity index (χ4v) is 1.73. The van der Waals surface area contributed by atoms with Gasteiger partial charge in [-0.15, -0.1) is 0 Å². The summed E-state index contributed by atoms with van der Waals surface area (Å²) in [6, 6.07) is 7.27. The molecule has 2 rings (SSSR count). The van der Waals surface area contributed by atoms with Crippen molar-refractivity contribution in [3.8, 4) is 0 Å². The van der Waals surface area contributed by atoms with Gasteiger partial charge in [0.05, 0.1) is 17.2 Å². The van der Waals surface area contributed by atoms with Crippen molar-refractivity contribution >= 4 is 10.9 Å². The van der Waals surface area contributed by atoms with E-state index in [0.717, 1.165) is 0 Å². The van der Waals surface area contributed by atoms with Crippen molar-refractivity contribution in [3.05, 3.63) is 40.9 Å². The van der Waals surface area contributed by atoms with Gasteiger partial charge in [0.25, 0.3) is 5.56 Å². The first-order valence-corrected chi connectivity index (χ1v) is 5.58. The molecule has 1 N–H and O–H groups in total. The van der Waals surface area contributed by atoms with Crippen molar-refractivity contribution in [3.63, 3.8) is 0 Å². The molecular formula is C13H16N2O2. The van der Waals surface area contributed by atoms with E-state index in [9.17, 15) is 9.90 Å². The molecule has 0 aliphatic carbocycles. The molecule has 0 saturated carbocycles. The largest absolute Gasteiger partial charge is 0.396 e. The summed E-state index contributed by atoms with van der Waals surface area (Å²) in [5.41, 5.74) is 0.321. The SMILES string of the molecule is CC(C)(CO)Cn1cnc2ccccc2c1=O. The summed E-state index contributed by atoms with van der Waals surface area (Å²) in [4.78, 5) is 16.4. The van der Waals surface area contributed by atoms with Crippen LogP contribution < -0.4 is 5.56 Å². The van der Waals surface area contributed by atoms with Crippen molar-refractivity contribution < 1.29 is 5.11 Å². The second kappa shape index (κ2) is 4.30. The van der Waals surface area contributed by atoms with Crippen LogP contribution >= 0.6 is 0 Å². The van der Waals surface area contributed by atoms with E-state index in [0.29, 0.717) is 17.4 Å². The molecule has 0 amide bonds. The minimum atomic E-state index is -0.325. The molecule has 0 aliphatic heterocycles. The molecule has 0 unspecified atom stereocenters.